The molecule has 0 aliphatic heterocycles. The van der Waals surface area contributed by atoms with Crippen molar-refractivity contribution < 1.29 is 0 Å². The van der Waals surface area contributed by atoms with Crippen molar-refractivity contribution in [3.63, 3.8) is 0 Å². The van der Waals surface area contributed by atoms with Crippen LogP contribution in [0, 0.1) is 5.92 Å². The predicted molar refractivity (Wildman–Crippen MR) is 132 cm³/mol. The van der Waals surface area contributed by atoms with Crippen LogP contribution in [0.4, 0.5) is 0 Å². The van der Waals surface area contributed by atoms with E-state index in [1.165, 1.54) is 0 Å². The van der Waals surface area contributed by atoms with Gasteiger partial charge in [-0.3, -0.25) is 4.99 Å². The number of hydrogen-bond acceptors (Lipinski definition) is 5. The lowest BCUT2D eigenvalue weighted by Crippen LogP contribution is -2.39. The van der Waals surface area contributed by atoms with Crippen LogP contribution in [0.5, 0.6) is 0 Å². The van der Waals surface area contributed by atoms with Crippen molar-refractivity contribution in [2.45, 2.75) is 63.9 Å². The first kappa shape index (κ1) is 26.8. The highest BCUT2D eigenvalue weighted by Gasteiger charge is 2.15. The van der Waals surface area contributed by atoms with Crippen molar-refractivity contribution in [3.05, 3.63) is 5.82 Å². The lowest BCUT2D eigenvalue weighted by molar-refractivity contribution is 0.477. The Labute approximate surface area is 190 Å². The summed E-state index contributed by atoms with van der Waals surface area (Å²) >= 11 is 3.50. The lowest BCUT2D eigenvalue weighted by Gasteiger charge is -2.20. The Hall–Kier alpha value is -0.160. The average Bonchev–Trinajstić information content (AvgIpc) is 2.97. The molecule has 1 rings (SSSR count). The Morgan fingerprint density at radius 2 is 1.93 bits per heavy atom. The zero-order valence-corrected chi connectivity index (χ0v) is 21.8. The van der Waals surface area contributed by atoms with E-state index < -0.39 is 0 Å². The van der Waals surface area contributed by atoms with Gasteiger partial charge in [-0.25, -0.2) is 0 Å². The molecule has 0 unspecified atom stereocenters. The van der Waals surface area contributed by atoms with E-state index in [9.17, 15) is 0 Å². The van der Waals surface area contributed by atoms with Gasteiger partial charge in [-0.2, -0.15) is 11.8 Å². The third-order valence-corrected chi connectivity index (χ3v) is 5.81. The van der Waals surface area contributed by atoms with Gasteiger partial charge in [0.05, 0.1) is 6.54 Å². The van der Waals surface area contributed by atoms with Crippen LogP contribution in [0.15, 0.2) is 10.1 Å². The topological polar surface area (TPSA) is 67.1 Å². The van der Waals surface area contributed by atoms with Crippen LogP contribution < -0.4 is 10.6 Å². The summed E-state index contributed by atoms with van der Waals surface area (Å²) in [5, 5.41) is 16.5. The molecule has 158 valence electrons. The first-order valence-electron chi connectivity index (χ1n) is 9.36. The Balaban J connectivity index is 0.00000676. The number of guanidine groups is 1. The molecule has 0 aliphatic rings. The fourth-order valence-corrected chi connectivity index (χ4v) is 3.05. The fraction of sp³-hybridized carbons (Fsp3) is 0.833. The number of halogens is 1. The number of aryl methyl sites for hydroxylation is 1. The van der Waals surface area contributed by atoms with E-state index >= 15 is 0 Å². The molecule has 0 fully saturated rings. The summed E-state index contributed by atoms with van der Waals surface area (Å²) in [7, 11) is 0. The number of rotatable bonds is 11. The summed E-state index contributed by atoms with van der Waals surface area (Å²) in [5.41, 5.74) is 0. The first-order chi connectivity index (χ1) is 12.3. The molecule has 0 aliphatic carbocycles. The zero-order valence-electron chi connectivity index (χ0n) is 17.8. The molecule has 1 aromatic heterocycles. The van der Waals surface area contributed by atoms with Crippen LogP contribution in [0.3, 0.4) is 0 Å². The van der Waals surface area contributed by atoms with Gasteiger partial charge in [0.2, 0.25) is 0 Å². The van der Waals surface area contributed by atoms with Gasteiger partial charge in [0.25, 0.3) is 0 Å². The molecule has 1 aromatic rings. The Kier molecular flexibility index (Phi) is 13.8. The normalized spacial score (nSPS) is 12.2. The molecule has 0 aromatic carbocycles. The van der Waals surface area contributed by atoms with Crippen LogP contribution in [-0.4, -0.2) is 57.6 Å². The van der Waals surface area contributed by atoms with Gasteiger partial charge in [-0.1, -0.05) is 25.6 Å². The maximum absolute atomic E-state index is 4.71. The highest BCUT2D eigenvalue weighted by Crippen LogP contribution is 2.21. The van der Waals surface area contributed by atoms with E-state index in [1.807, 2.05) is 11.8 Å². The molecule has 0 spiro atoms. The smallest absolute Gasteiger partial charge is 0.191 e. The third-order valence-electron chi connectivity index (χ3n) is 3.91. The molecule has 0 atom stereocenters. The largest absolute Gasteiger partial charge is 0.357 e. The molecule has 0 amide bonds. The Morgan fingerprint density at radius 3 is 2.48 bits per heavy atom. The molecule has 27 heavy (non-hydrogen) atoms. The molecule has 0 saturated carbocycles. The maximum atomic E-state index is 4.71. The van der Waals surface area contributed by atoms with Crippen LogP contribution in [-0.2, 0) is 13.0 Å². The van der Waals surface area contributed by atoms with E-state index in [-0.39, 0.29) is 28.7 Å². The number of hydrogen-bond donors (Lipinski definition) is 2. The highest BCUT2D eigenvalue weighted by atomic mass is 127. The fourth-order valence-electron chi connectivity index (χ4n) is 2.33. The molecule has 0 bridgehead atoms. The summed E-state index contributed by atoms with van der Waals surface area (Å²) in [4.78, 5) is 4.71. The van der Waals surface area contributed by atoms with Crippen LogP contribution in [0.1, 0.15) is 46.9 Å². The molecular formula is C18H37IN6S2. The quantitative estimate of drug-likeness (QED) is 0.149. The van der Waals surface area contributed by atoms with E-state index in [2.05, 4.69) is 72.5 Å². The van der Waals surface area contributed by atoms with Crippen LogP contribution >= 0.6 is 47.5 Å². The zero-order chi connectivity index (χ0) is 19.6. The summed E-state index contributed by atoms with van der Waals surface area (Å²) in [5.74, 6) is 2.56. The number of thioether (sulfide) groups is 2. The van der Waals surface area contributed by atoms with Gasteiger partial charge >= 0.3 is 0 Å². The Bertz CT molecular complexity index is 560. The SMILES string of the molecule is CCNC(=NCC(C)(C)SC)NCCCc1nnc(SC)n1CC(C)C.I. The lowest BCUT2D eigenvalue weighted by atomic mass is 10.2. The Morgan fingerprint density at radius 1 is 1.22 bits per heavy atom. The maximum Gasteiger partial charge on any atom is 0.191 e. The van der Waals surface area contributed by atoms with Crippen molar-refractivity contribution in [1.29, 1.82) is 0 Å². The second-order valence-corrected chi connectivity index (χ2v) is 9.58. The molecule has 2 N–H and O–H groups in total. The summed E-state index contributed by atoms with van der Waals surface area (Å²) in [6, 6.07) is 0. The number of nitrogens with zero attached hydrogens (tertiary/aromatic N) is 4. The van der Waals surface area contributed by atoms with Gasteiger partial charge in [0, 0.05) is 30.8 Å². The van der Waals surface area contributed by atoms with Gasteiger partial charge in [-0.15, -0.1) is 34.2 Å². The highest BCUT2D eigenvalue weighted by molar-refractivity contribution is 14.0. The minimum absolute atomic E-state index is 0. The van der Waals surface area contributed by atoms with Crippen molar-refractivity contribution >= 4 is 53.5 Å². The summed E-state index contributed by atoms with van der Waals surface area (Å²) in [6.45, 7) is 14.5. The molecule has 6 nitrogen and oxygen atoms in total. The molecule has 0 saturated heterocycles. The molecule has 0 radical (unpaired) electrons. The van der Waals surface area contributed by atoms with Gasteiger partial charge in [0.15, 0.2) is 11.1 Å². The van der Waals surface area contributed by atoms with Crippen molar-refractivity contribution in [3.8, 4) is 0 Å². The molecule has 9 heteroatoms. The van der Waals surface area contributed by atoms with Gasteiger partial charge < -0.3 is 15.2 Å². The number of aromatic nitrogens is 3. The molecular weight excluding hydrogens is 491 g/mol. The summed E-state index contributed by atoms with van der Waals surface area (Å²) in [6.07, 6.45) is 6.11. The van der Waals surface area contributed by atoms with Gasteiger partial charge in [-0.05, 0) is 45.6 Å². The van der Waals surface area contributed by atoms with E-state index in [4.69, 9.17) is 4.99 Å². The van der Waals surface area contributed by atoms with E-state index in [0.717, 1.165) is 56.0 Å². The minimum atomic E-state index is 0. The standard InChI is InChI=1S/C18H36N6S2.HI/c1-8-19-16(21-13-18(4,5)26-7)20-11-9-10-15-22-23-17(25-6)24(15)12-14(2)3;/h14H,8-13H2,1-7H3,(H2,19,20,21);1H. The number of aliphatic imine (C=N–C) groups is 1. The first-order valence-corrected chi connectivity index (χ1v) is 11.8. The van der Waals surface area contributed by atoms with E-state index in [1.54, 1.807) is 11.8 Å². The monoisotopic (exact) mass is 528 g/mol. The van der Waals surface area contributed by atoms with Crippen molar-refractivity contribution in [2.24, 2.45) is 10.9 Å². The van der Waals surface area contributed by atoms with Crippen molar-refractivity contribution in [2.75, 3.05) is 32.1 Å². The third kappa shape index (κ3) is 10.3. The number of nitrogens with one attached hydrogen (secondary N) is 2. The van der Waals surface area contributed by atoms with Crippen LogP contribution in [0.25, 0.3) is 0 Å². The van der Waals surface area contributed by atoms with Crippen molar-refractivity contribution in [1.82, 2.24) is 25.4 Å². The second kappa shape index (κ2) is 13.9. The van der Waals surface area contributed by atoms with Crippen LogP contribution in [0.2, 0.25) is 0 Å². The second-order valence-electron chi connectivity index (χ2n) is 7.30. The molecule has 1 heterocycles. The predicted octanol–water partition coefficient (Wildman–Crippen LogP) is 3.90. The van der Waals surface area contributed by atoms with Gasteiger partial charge in [0.1, 0.15) is 5.82 Å². The van der Waals surface area contributed by atoms with E-state index in [0.29, 0.717) is 5.92 Å². The summed E-state index contributed by atoms with van der Waals surface area (Å²) < 4.78 is 2.42. The average molecular weight is 529 g/mol. The minimum Gasteiger partial charge on any atom is -0.357 e.